The van der Waals surface area contributed by atoms with Crippen molar-refractivity contribution in [2.45, 2.75) is 238 Å². The molecule has 0 aliphatic rings. The fourth-order valence-electron chi connectivity index (χ4n) is 6.79. The van der Waals surface area contributed by atoms with E-state index in [0.29, 0.717) is 19.3 Å². The summed E-state index contributed by atoms with van der Waals surface area (Å²) in [6.45, 7) is 2.78. The van der Waals surface area contributed by atoms with Crippen LogP contribution in [0.4, 0.5) is 0 Å². The van der Waals surface area contributed by atoms with Gasteiger partial charge in [0.1, 0.15) is 12.6 Å². The van der Waals surface area contributed by atoms with E-state index in [9.17, 15) is 23.8 Å². The topological polar surface area (TPSA) is 172 Å². The number of rotatable bonds is 46. The molecule has 0 aromatic rings. The molecule has 61 heavy (non-hydrogen) atoms. The summed E-state index contributed by atoms with van der Waals surface area (Å²) in [6.07, 6.45) is 49.3. The highest BCUT2D eigenvalue weighted by molar-refractivity contribution is 7.47. The lowest BCUT2D eigenvalue weighted by Crippen LogP contribution is -2.34. The van der Waals surface area contributed by atoms with Crippen molar-refractivity contribution in [1.82, 2.24) is 0 Å². The standard InChI is InChI=1S/C49H90NO10P/c1-3-5-7-9-11-13-15-17-19-21-22-23-25-26-28-30-32-34-36-38-40-47(51)57-42-45(43-58-61(55,56)59-44-46(50)49(53)54)60-48(52)41-39-37-35-33-31-29-27-24-20-18-16-14-12-10-8-6-4-2/h18,20,27,29,33,35,45-46H,3-17,19,21-26,28,30-32,34,36-44,50H2,1-2H3,(H,53,54)(H,55,56)/b20-18+,29-27+,35-33+/t45-,46+/m1/s1. The molecule has 0 fully saturated rings. The summed E-state index contributed by atoms with van der Waals surface area (Å²) in [6, 6.07) is -1.53. The number of aliphatic carboxylic acids is 1. The number of hydrogen-bond donors (Lipinski definition) is 3. The first-order valence-electron chi connectivity index (χ1n) is 24.5. The fraction of sp³-hybridized carbons (Fsp3) is 0.816. The van der Waals surface area contributed by atoms with Crippen LogP contribution in [0.1, 0.15) is 226 Å². The molecule has 3 atom stereocenters. The van der Waals surface area contributed by atoms with Crippen LogP contribution in [0.5, 0.6) is 0 Å². The highest BCUT2D eigenvalue weighted by Crippen LogP contribution is 2.43. The summed E-state index contributed by atoms with van der Waals surface area (Å²) in [5.41, 5.74) is 5.34. The van der Waals surface area contributed by atoms with Crippen molar-refractivity contribution in [3.05, 3.63) is 36.5 Å². The van der Waals surface area contributed by atoms with Gasteiger partial charge in [0.25, 0.3) is 0 Å². The number of esters is 2. The zero-order valence-corrected chi connectivity index (χ0v) is 39.7. The van der Waals surface area contributed by atoms with Gasteiger partial charge < -0.3 is 25.2 Å². The van der Waals surface area contributed by atoms with Crippen molar-refractivity contribution in [2.24, 2.45) is 5.73 Å². The van der Waals surface area contributed by atoms with Crippen LogP contribution in [0.25, 0.3) is 0 Å². The molecule has 0 saturated heterocycles. The van der Waals surface area contributed by atoms with Gasteiger partial charge in [-0.05, 0) is 44.9 Å². The summed E-state index contributed by atoms with van der Waals surface area (Å²) in [5, 5.41) is 8.91. The van der Waals surface area contributed by atoms with Crippen LogP contribution in [0, 0.1) is 0 Å². The Morgan fingerprint density at radius 3 is 1.34 bits per heavy atom. The lowest BCUT2D eigenvalue weighted by Gasteiger charge is -2.20. The van der Waals surface area contributed by atoms with Gasteiger partial charge >= 0.3 is 25.7 Å². The summed E-state index contributed by atoms with van der Waals surface area (Å²) >= 11 is 0. The largest absolute Gasteiger partial charge is 0.480 e. The van der Waals surface area contributed by atoms with Crippen LogP contribution in [0.15, 0.2) is 36.5 Å². The van der Waals surface area contributed by atoms with E-state index < -0.39 is 51.1 Å². The normalized spacial score (nSPS) is 13.9. The maximum atomic E-state index is 12.6. The number of hydrogen-bond acceptors (Lipinski definition) is 9. The number of unbranched alkanes of at least 4 members (excludes halogenated alkanes) is 26. The van der Waals surface area contributed by atoms with Crippen LogP contribution in [0.2, 0.25) is 0 Å². The van der Waals surface area contributed by atoms with Gasteiger partial charge in [0.2, 0.25) is 0 Å². The summed E-state index contributed by atoms with van der Waals surface area (Å²) < 4.78 is 32.7. The SMILES string of the molecule is CCCCCCCC/C=C/C/C=C/C/C=C/CCCC(=O)O[C@H](COC(=O)CCCCCCCCCCCCCCCCCCCCCC)COP(=O)(O)OC[C@H](N)C(=O)O. The predicted molar refractivity (Wildman–Crippen MR) is 249 cm³/mol. The van der Waals surface area contributed by atoms with E-state index in [1.165, 1.54) is 141 Å². The average Bonchev–Trinajstić information content (AvgIpc) is 3.24. The van der Waals surface area contributed by atoms with Gasteiger partial charge in [-0.3, -0.25) is 23.4 Å². The van der Waals surface area contributed by atoms with Gasteiger partial charge in [-0.15, -0.1) is 0 Å². The smallest absolute Gasteiger partial charge is 0.472 e. The Labute approximate surface area is 372 Å². The minimum Gasteiger partial charge on any atom is -0.480 e. The molecule has 4 N–H and O–H groups in total. The molecule has 0 rings (SSSR count). The molecule has 1 unspecified atom stereocenters. The fourth-order valence-corrected chi connectivity index (χ4v) is 7.57. The zero-order valence-electron chi connectivity index (χ0n) is 38.8. The molecule has 0 saturated carbocycles. The Hall–Kier alpha value is -2.30. The molecule has 12 heteroatoms. The lowest BCUT2D eigenvalue weighted by molar-refractivity contribution is -0.161. The van der Waals surface area contributed by atoms with E-state index in [-0.39, 0.29) is 19.4 Å². The molecule has 0 amide bonds. The van der Waals surface area contributed by atoms with E-state index in [1.54, 1.807) is 0 Å². The average molecular weight is 884 g/mol. The van der Waals surface area contributed by atoms with Gasteiger partial charge in [0.05, 0.1) is 13.2 Å². The van der Waals surface area contributed by atoms with Crippen molar-refractivity contribution in [2.75, 3.05) is 19.8 Å². The van der Waals surface area contributed by atoms with Gasteiger partial charge in [-0.25, -0.2) is 4.57 Å². The van der Waals surface area contributed by atoms with Gasteiger partial charge in [-0.1, -0.05) is 204 Å². The molecular weight excluding hydrogens is 794 g/mol. The number of carbonyl (C=O) groups excluding carboxylic acids is 2. The summed E-state index contributed by atoms with van der Waals surface area (Å²) in [5.74, 6) is -2.43. The van der Waals surface area contributed by atoms with Crippen molar-refractivity contribution in [3.63, 3.8) is 0 Å². The van der Waals surface area contributed by atoms with Gasteiger partial charge in [0, 0.05) is 12.8 Å². The second-order valence-corrected chi connectivity index (χ2v) is 18.1. The molecule has 0 spiro atoms. The predicted octanol–water partition coefficient (Wildman–Crippen LogP) is 13.6. The Morgan fingerprint density at radius 1 is 0.508 bits per heavy atom. The second kappa shape index (κ2) is 44.3. The van der Waals surface area contributed by atoms with Crippen LogP contribution in [0.3, 0.4) is 0 Å². The minimum absolute atomic E-state index is 0.0914. The molecule has 0 aromatic carbocycles. The molecule has 0 radical (unpaired) electrons. The third-order valence-electron chi connectivity index (χ3n) is 10.6. The molecule has 0 aliphatic heterocycles. The maximum absolute atomic E-state index is 12.6. The number of nitrogens with two attached hydrogens (primary N) is 1. The number of phosphoric ester groups is 1. The molecule has 0 aliphatic carbocycles. The highest BCUT2D eigenvalue weighted by atomic mass is 31.2. The molecule has 0 bridgehead atoms. The van der Waals surface area contributed by atoms with E-state index in [1.807, 2.05) is 6.08 Å². The molecular formula is C49H90NO10P. The van der Waals surface area contributed by atoms with E-state index >= 15 is 0 Å². The van der Waals surface area contributed by atoms with E-state index in [0.717, 1.165) is 38.5 Å². The quantitative estimate of drug-likeness (QED) is 0.0230. The van der Waals surface area contributed by atoms with E-state index in [4.69, 9.17) is 24.8 Å². The van der Waals surface area contributed by atoms with Gasteiger partial charge in [-0.2, -0.15) is 0 Å². The zero-order chi connectivity index (χ0) is 44.9. The van der Waals surface area contributed by atoms with Crippen LogP contribution in [-0.2, 0) is 37.5 Å². The summed E-state index contributed by atoms with van der Waals surface area (Å²) in [7, 11) is -4.73. The number of carboxylic acids is 1. The van der Waals surface area contributed by atoms with E-state index in [2.05, 4.69) is 48.8 Å². The number of phosphoric acid groups is 1. The minimum atomic E-state index is -4.73. The third kappa shape index (κ3) is 44.1. The van der Waals surface area contributed by atoms with Crippen LogP contribution < -0.4 is 5.73 Å². The summed E-state index contributed by atoms with van der Waals surface area (Å²) in [4.78, 5) is 46.1. The molecule has 356 valence electrons. The van der Waals surface area contributed by atoms with Crippen molar-refractivity contribution in [3.8, 4) is 0 Å². The highest BCUT2D eigenvalue weighted by Gasteiger charge is 2.28. The van der Waals surface area contributed by atoms with Crippen molar-refractivity contribution in [1.29, 1.82) is 0 Å². The van der Waals surface area contributed by atoms with Crippen molar-refractivity contribution >= 4 is 25.7 Å². The first-order chi connectivity index (χ1) is 29.6. The molecule has 11 nitrogen and oxygen atoms in total. The molecule has 0 aromatic heterocycles. The number of ether oxygens (including phenoxy) is 2. The molecule has 0 heterocycles. The number of carboxylic acid groups (broad SMARTS) is 1. The Bertz CT molecular complexity index is 1180. The van der Waals surface area contributed by atoms with Gasteiger partial charge in [0.15, 0.2) is 6.10 Å². The first kappa shape index (κ1) is 58.7. The first-order valence-corrected chi connectivity index (χ1v) is 26.0. The monoisotopic (exact) mass is 884 g/mol. The number of carbonyl (C=O) groups is 3. The third-order valence-corrected chi connectivity index (χ3v) is 11.6. The Balaban J connectivity index is 4.32. The van der Waals surface area contributed by atoms with Crippen LogP contribution >= 0.6 is 7.82 Å². The van der Waals surface area contributed by atoms with Crippen molar-refractivity contribution < 1.29 is 47.5 Å². The lowest BCUT2D eigenvalue weighted by atomic mass is 10.0. The number of allylic oxidation sites excluding steroid dienone is 6. The Kier molecular flexibility index (Phi) is 42.6. The second-order valence-electron chi connectivity index (χ2n) is 16.6. The maximum Gasteiger partial charge on any atom is 0.472 e. The Morgan fingerprint density at radius 2 is 0.885 bits per heavy atom. The van der Waals surface area contributed by atoms with Crippen LogP contribution in [-0.4, -0.2) is 59.9 Å².